The summed E-state index contributed by atoms with van der Waals surface area (Å²) < 4.78 is 5.01. The van der Waals surface area contributed by atoms with Crippen LogP contribution < -0.4 is 5.32 Å². The zero-order valence-electron chi connectivity index (χ0n) is 11.8. The van der Waals surface area contributed by atoms with Gasteiger partial charge in [-0.25, -0.2) is 15.0 Å². The Kier molecular flexibility index (Phi) is 4.19. The third kappa shape index (κ3) is 3.53. The fourth-order valence-corrected chi connectivity index (χ4v) is 2.57. The zero-order valence-corrected chi connectivity index (χ0v) is 12.6. The maximum absolute atomic E-state index is 11.8. The van der Waals surface area contributed by atoms with Gasteiger partial charge in [0.1, 0.15) is 5.76 Å². The molecule has 22 heavy (non-hydrogen) atoms. The van der Waals surface area contributed by atoms with Crippen LogP contribution >= 0.6 is 11.3 Å². The molecule has 0 aliphatic rings. The van der Waals surface area contributed by atoms with Crippen molar-refractivity contribution in [3.8, 4) is 10.8 Å². The molecule has 1 N–H and O–H groups in total. The highest BCUT2D eigenvalue weighted by Gasteiger charge is 2.10. The highest BCUT2D eigenvalue weighted by molar-refractivity contribution is 7.13. The van der Waals surface area contributed by atoms with Gasteiger partial charge in [0, 0.05) is 23.8 Å². The fraction of sp³-hybridized carbons (Fsp3) is 0.214. The number of aryl methyl sites for hydroxylation is 1. The van der Waals surface area contributed by atoms with Crippen LogP contribution in [0.5, 0.6) is 0 Å². The molecule has 0 atom stereocenters. The van der Waals surface area contributed by atoms with Crippen molar-refractivity contribution in [3.05, 3.63) is 47.1 Å². The number of carbonyl (C=O) groups is 1. The van der Waals surface area contributed by atoms with Crippen LogP contribution in [0.2, 0.25) is 0 Å². The smallest absolute Gasteiger partial charge is 0.228 e. The summed E-state index contributed by atoms with van der Waals surface area (Å²) in [5.74, 6) is 0.996. The molecule has 3 aromatic heterocycles. The maximum Gasteiger partial charge on any atom is 0.228 e. The summed E-state index contributed by atoms with van der Waals surface area (Å²) in [7, 11) is 0. The van der Waals surface area contributed by atoms with E-state index in [1.165, 1.54) is 11.3 Å². The third-order valence-corrected chi connectivity index (χ3v) is 3.67. The van der Waals surface area contributed by atoms with Crippen molar-refractivity contribution in [2.24, 2.45) is 0 Å². The molecule has 3 aromatic rings. The van der Waals surface area contributed by atoms with Gasteiger partial charge in [0.15, 0.2) is 10.8 Å². The van der Waals surface area contributed by atoms with E-state index in [4.69, 9.17) is 4.52 Å². The molecule has 0 bridgehead atoms. The van der Waals surface area contributed by atoms with Gasteiger partial charge in [-0.15, -0.1) is 11.3 Å². The number of nitrogens with zero attached hydrogens (tertiary/aromatic N) is 4. The molecule has 7 nitrogen and oxygen atoms in total. The van der Waals surface area contributed by atoms with E-state index in [0.29, 0.717) is 18.1 Å². The Morgan fingerprint density at radius 2 is 2.18 bits per heavy atom. The summed E-state index contributed by atoms with van der Waals surface area (Å²) in [5, 5.41) is 9.16. The largest absolute Gasteiger partial charge is 0.361 e. The summed E-state index contributed by atoms with van der Waals surface area (Å²) >= 11 is 1.45. The lowest BCUT2D eigenvalue weighted by atomic mass is 10.3. The van der Waals surface area contributed by atoms with Crippen LogP contribution in [0.4, 0.5) is 0 Å². The van der Waals surface area contributed by atoms with Crippen LogP contribution in [-0.4, -0.2) is 26.0 Å². The molecule has 0 saturated carbocycles. The molecule has 0 aliphatic carbocycles. The molecule has 8 heteroatoms. The van der Waals surface area contributed by atoms with Crippen molar-refractivity contribution < 1.29 is 9.32 Å². The Hall–Kier alpha value is -2.61. The van der Waals surface area contributed by atoms with Crippen LogP contribution in [0.15, 0.2) is 34.4 Å². The lowest BCUT2D eigenvalue weighted by Crippen LogP contribution is -2.24. The minimum Gasteiger partial charge on any atom is -0.361 e. The van der Waals surface area contributed by atoms with E-state index in [2.05, 4.69) is 25.4 Å². The van der Waals surface area contributed by atoms with Gasteiger partial charge in [-0.1, -0.05) is 5.16 Å². The summed E-state index contributed by atoms with van der Waals surface area (Å²) in [5.41, 5.74) is 1.53. The SMILES string of the molecule is Cc1cc(CC(=O)NCc2csc(-c3ncccn3)n2)on1. The molecule has 0 spiro atoms. The lowest BCUT2D eigenvalue weighted by Gasteiger charge is -2.00. The van der Waals surface area contributed by atoms with Crippen LogP contribution in [0.1, 0.15) is 17.1 Å². The van der Waals surface area contributed by atoms with Gasteiger partial charge in [-0.3, -0.25) is 4.79 Å². The van der Waals surface area contributed by atoms with Crippen molar-refractivity contribution in [2.45, 2.75) is 19.9 Å². The standard InChI is InChI=1S/C14H13N5O2S/c1-9-5-11(21-19-9)6-12(20)17-7-10-8-22-14(18-10)13-15-3-2-4-16-13/h2-5,8H,6-7H2,1H3,(H,17,20). The van der Waals surface area contributed by atoms with Gasteiger partial charge in [0.05, 0.1) is 24.4 Å². The molecule has 0 aromatic carbocycles. The average molecular weight is 315 g/mol. The average Bonchev–Trinajstić information content (AvgIpc) is 3.15. The zero-order chi connectivity index (χ0) is 15.4. The summed E-state index contributed by atoms with van der Waals surface area (Å²) in [6.07, 6.45) is 3.51. The van der Waals surface area contributed by atoms with Gasteiger partial charge >= 0.3 is 0 Å². The second kappa shape index (κ2) is 6.44. The molecular weight excluding hydrogens is 302 g/mol. The van der Waals surface area contributed by atoms with Gasteiger partial charge in [0.2, 0.25) is 5.91 Å². The first kappa shape index (κ1) is 14.3. The molecule has 3 rings (SSSR count). The molecule has 0 saturated heterocycles. The number of thiazole rings is 1. The molecule has 0 fully saturated rings. The van der Waals surface area contributed by atoms with Crippen molar-refractivity contribution >= 4 is 17.2 Å². The van der Waals surface area contributed by atoms with E-state index in [-0.39, 0.29) is 12.3 Å². The number of rotatable bonds is 5. The number of hydrogen-bond donors (Lipinski definition) is 1. The first-order valence-electron chi connectivity index (χ1n) is 6.61. The van der Waals surface area contributed by atoms with E-state index in [1.807, 2.05) is 12.3 Å². The molecule has 0 unspecified atom stereocenters. The van der Waals surface area contributed by atoms with Crippen molar-refractivity contribution in [1.29, 1.82) is 0 Å². The Morgan fingerprint density at radius 1 is 1.36 bits per heavy atom. The molecular formula is C14H13N5O2S. The predicted molar refractivity (Wildman–Crippen MR) is 79.9 cm³/mol. The van der Waals surface area contributed by atoms with Crippen LogP contribution in [0.25, 0.3) is 10.8 Å². The quantitative estimate of drug-likeness (QED) is 0.771. The van der Waals surface area contributed by atoms with Gasteiger partial charge < -0.3 is 9.84 Å². The summed E-state index contributed by atoms with van der Waals surface area (Å²) in [6, 6.07) is 3.50. The van der Waals surface area contributed by atoms with Crippen LogP contribution in [-0.2, 0) is 17.8 Å². The van der Waals surface area contributed by atoms with Crippen LogP contribution in [0.3, 0.4) is 0 Å². The minimum atomic E-state index is -0.137. The molecule has 0 aliphatic heterocycles. The number of carbonyl (C=O) groups excluding carboxylic acids is 1. The fourth-order valence-electron chi connectivity index (χ4n) is 1.81. The van der Waals surface area contributed by atoms with Gasteiger partial charge in [0.25, 0.3) is 0 Å². The number of nitrogens with one attached hydrogen (secondary N) is 1. The second-order valence-electron chi connectivity index (χ2n) is 4.60. The van der Waals surface area contributed by atoms with Gasteiger partial charge in [-0.05, 0) is 13.0 Å². The first-order valence-corrected chi connectivity index (χ1v) is 7.49. The second-order valence-corrected chi connectivity index (χ2v) is 5.46. The van der Waals surface area contributed by atoms with Crippen molar-refractivity contribution in [1.82, 2.24) is 25.4 Å². The van der Waals surface area contributed by atoms with Crippen LogP contribution in [0, 0.1) is 6.92 Å². The minimum absolute atomic E-state index is 0.137. The van der Waals surface area contributed by atoms with Crippen molar-refractivity contribution in [2.75, 3.05) is 0 Å². The maximum atomic E-state index is 11.8. The molecule has 3 heterocycles. The predicted octanol–water partition coefficient (Wildman–Crippen LogP) is 1.76. The van der Waals surface area contributed by atoms with E-state index < -0.39 is 0 Å². The molecule has 0 radical (unpaired) electrons. The lowest BCUT2D eigenvalue weighted by molar-refractivity contribution is -0.120. The highest BCUT2D eigenvalue weighted by Crippen LogP contribution is 2.19. The van der Waals surface area contributed by atoms with E-state index in [1.54, 1.807) is 24.5 Å². The number of aromatic nitrogens is 4. The number of hydrogen-bond acceptors (Lipinski definition) is 7. The Labute approximate surface area is 130 Å². The van der Waals surface area contributed by atoms with E-state index in [9.17, 15) is 4.79 Å². The van der Waals surface area contributed by atoms with E-state index >= 15 is 0 Å². The number of amides is 1. The monoisotopic (exact) mass is 315 g/mol. The van der Waals surface area contributed by atoms with E-state index in [0.717, 1.165) is 16.4 Å². The highest BCUT2D eigenvalue weighted by atomic mass is 32.1. The third-order valence-electron chi connectivity index (χ3n) is 2.79. The molecule has 1 amide bonds. The Balaban J connectivity index is 1.56. The summed E-state index contributed by atoms with van der Waals surface area (Å²) in [6.45, 7) is 2.17. The van der Waals surface area contributed by atoms with Gasteiger partial charge in [-0.2, -0.15) is 0 Å². The molecule has 112 valence electrons. The van der Waals surface area contributed by atoms with Crippen molar-refractivity contribution in [3.63, 3.8) is 0 Å². The first-order chi connectivity index (χ1) is 10.7. The Morgan fingerprint density at radius 3 is 2.91 bits per heavy atom. The Bertz CT molecular complexity index is 768. The normalized spacial score (nSPS) is 10.6. The summed E-state index contributed by atoms with van der Waals surface area (Å²) in [4.78, 5) is 24.5. The topological polar surface area (TPSA) is 93.8 Å².